The molecule has 9 heteroatoms. The topological polar surface area (TPSA) is 115 Å². The number of rotatable bonds is 5. The minimum atomic E-state index is -1.22. The average molecular weight is 292 g/mol. The molecule has 1 amide bonds. The van der Waals surface area contributed by atoms with Gasteiger partial charge >= 0.3 is 5.97 Å². The van der Waals surface area contributed by atoms with Gasteiger partial charge in [0.2, 0.25) is 11.6 Å². The number of hydrogen-bond donors (Lipinski definition) is 2. The summed E-state index contributed by atoms with van der Waals surface area (Å²) in [7, 11) is 1.72. The summed E-state index contributed by atoms with van der Waals surface area (Å²) in [4.78, 5) is 27.2. The fourth-order valence-corrected chi connectivity index (χ4v) is 1.89. The molecule has 0 unspecified atom stereocenters. The molecule has 0 aliphatic carbocycles. The molecule has 2 rings (SSSR count). The standard InChI is InChI=1S/C12H16N6O3/c1-7(2)14-8(19)6-18-10(9(12(20)21)15-16-18)11-13-4-5-17(11)3/h4-5,7H,6H2,1-3H3,(H,14,19)(H,20,21). The van der Waals surface area contributed by atoms with Gasteiger partial charge in [0.1, 0.15) is 12.2 Å². The summed E-state index contributed by atoms with van der Waals surface area (Å²) in [6, 6.07) is -0.0171. The first-order chi connectivity index (χ1) is 9.90. The van der Waals surface area contributed by atoms with Gasteiger partial charge in [-0.1, -0.05) is 5.21 Å². The second-order valence-corrected chi connectivity index (χ2v) is 4.83. The van der Waals surface area contributed by atoms with Gasteiger partial charge in [0, 0.05) is 25.5 Å². The van der Waals surface area contributed by atoms with Crippen LogP contribution in [0.3, 0.4) is 0 Å². The Bertz CT molecular complexity index is 672. The molecule has 2 aromatic rings. The van der Waals surface area contributed by atoms with Gasteiger partial charge in [-0.2, -0.15) is 0 Å². The normalized spacial score (nSPS) is 10.9. The third kappa shape index (κ3) is 3.07. The fraction of sp³-hybridized carbons (Fsp3) is 0.417. The van der Waals surface area contributed by atoms with Gasteiger partial charge in [0.15, 0.2) is 5.82 Å². The van der Waals surface area contributed by atoms with Crippen molar-refractivity contribution in [2.45, 2.75) is 26.4 Å². The Morgan fingerprint density at radius 3 is 2.67 bits per heavy atom. The zero-order chi connectivity index (χ0) is 15.6. The lowest BCUT2D eigenvalue weighted by Crippen LogP contribution is -2.33. The maximum atomic E-state index is 11.8. The first-order valence-electron chi connectivity index (χ1n) is 6.34. The number of amides is 1. The number of carbonyl (C=O) groups is 2. The lowest BCUT2D eigenvalue weighted by molar-refractivity contribution is -0.122. The van der Waals surface area contributed by atoms with Gasteiger partial charge in [-0.05, 0) is 13.8 Å². The first kappa shape index (κ1) is 14.7. The van der Waals surface area contributed by atoms with Crippen molar-refractivity contribution in [2.75, 3.05) is 0 Å². The molecule has 2 N–H and O–H groups in total. The molecule has 0 atom stereocenters. The number of imidazole rings is 1. The molecular formula is C12H16N6O3. The van der Waals surface area contributed by atoms with Gasteiger partial charge < -0.3 is 15.0 Å². The van der Waals surface area contributed by atoms with E-state index in [0.717, 1.165) is 0 Å². The Labute approximate surface area is 120 Å². The molecule has 21 heavy (non-hydrogen) atoms. The van der Waals surface area contributed by atoms with E-state index in [1.165, 1.54) is 10.9 Å². The molecule has 0 bridgehead atoms. The third-order valence-corrected chi connectivity index (χ3v) is 2.71. The van der Waals surface area contributed by atoms with Crippen molar-refractivity contribution in [3.63, 3.8) is 0 Å². The van der Waals surface area contributed by atoms with Crippen LogP contribution in [0.1, 0.15) is 24.3 Å². The Hall–Kier alpha value is -2.71. The Morgan fingerprint density at radius 2 is 2.14 bits per heavy atom. The largest absolute Gasteiger partial charge is 0.476 e. The Kier molecular flexibility index (Phi) is 4.01. The van der Waals surface area contributed by atoms with Crippen LogP contribution in [0.2, 0.25) is 0 Å². The van der Waals surface area contributed by atoms with Gasteiger partial charge in [0.05, 0.1) is 0 Å². The van der Waals surface area contributed by atoms with Crippen molar-refractivity contribution in [1.82, 2.24) is 29.9 Å². The van der Waals surface area contributed by atoms with Crippen LogP contribution < -0.4 is 5.32 Å². The van der Waals surface area contributed by atoms with Crippen LogP contribution in [-0.2, 0) is 18.4 Å². The molecule has 9 nitrogen and oxygen atoms in total. The molecule has 112 valence electrons. The SMILES string of the molecule is CC(C)NC(=O)Cn1nnc(C(=O)O)c1-c1nccn1C. The molecule has 0 fully saturated rings. The summed E-state index contributed by atoms with van der Waals surface area (Å²) in [5.41, 5.74) is -0.0319. The van der Waals surface area contributed by atoms with E-state index in [1.807, 2.05) is 13.8 Å². The van der Waals surface area contributed by atoms with Crippen molar-refractivity contribution in [2.24, 2.45) is 7.05 Å². The van der Waals surface area contributed by atoms with E-state index in [4.69, 9.17) is 0 Å². The molecule has 0 radical (unpaired) electrons. The number of carboxylic acid groups (broad SMARTS) is 1. The number of carboxylic acids is 1. The number of carbonyl (C=O) groups excluding carboxylic acids is 1. The van der Waals surface area contributed by atoms with E-state index < -0.39 is 5.97 Å². The molecule has 0 spiro atoms. The number of hydrogen-bond acceptors (Lipinski definition) is 5. The number of nitrogens with one attached hydrogen (secondary N) is 1. The predicted molar refractivity (Wildman–Crippen MR) is 72.5 cm³/mol. The molecule has 2 heterocycles. The van der Waals surface area contributed by atoms with Crippen molar-refractivity contribution in [1.29, 1.82) is 0 Å². The molecular weight excluding hydrogens is 276 g/mol. The van der Waals surface area contributed by atoms with Crippen LogP contribution in [0.4, 0.5) is 0 Å². The van der Waals surface area contributed by atoms with Gasteiger partial charge in [0.25, 0.3) is 0 Å². The van der Waals surface area contributed by atoms with Crippen molar-refractivity contribution in [3.05, 3.63) is 18.1 Å². The van der Waals surface area contributed by atoms with Gasteiger partial charge in [-0.15, -0.1) is 5.10 Å². The minimum Gasteiger partial charge on any atom is -0.476 e. The average Bonchev–Trinajstić information content (AvgIpc) is 2.94. The fourth-order valence-electron chi connectivity index (χ4n) is 1.89. The van der Waals surface area contributed by atoms with Gasteiger partial charge in [-0.25, -0.2) is 14.5 Å². The van der Waals surface area contributed by atoms with Crippen LogP contribution in [0, 0.1) is 0 Å². The summed E-state index contributed by atoms with van der Waals surface area (Å²) in [5, 5.41) is 19.3. The quantitative estimate of drug-likeness (QED) is 0.795. The van der Waals surface area contributed by atoms with E-state index >= 15 is 0 Å². The zero-order valence-electron chi connectivity index (χ0n) is 11.9. The van der Waals surface area contributed by atoms with E-state index in [2.05, 4.69) is 20.6 Å². The van der Waals surface area contributed by atoms with Crippen molar-refractivity contribution >= 4 is 11.9 Å². The summed E-state index contributed by atoms with van der Waals surface area (Å²) in [5.74, 6) is -1.11. The van der Waals surface area contributed by atoms with E-state index in [-0.39, 0.29) is 29.9 Å². The summed E-state index contributed by atoms with van der Waals surface area (Å²) in [6.45, 7) is 3.55. The van der Waals surface area contributed by atoms with E-state index in [0.29, 0.717) is 5.82 Å². The van der Waals surface area contributed by atoms with E-state index in [1.54, 1.807) is 17.8 Å². The molecule has 0 aliphatic rings. The van der Waals surface area contributed by atoms with Crippen molar-refractivity contribution < 1.29 is 14.7 Å². The van der Waals surface area contributed by atoms with Crippen LogP contribution in [0.25, 0.3) is 11.5 Å². The third-order valence-electron chi connectivity index (χ3n) is 2.71. The monoisotopic (exact) mass is 292 g/mol. The lowest BCUT2D eigenvalue weighted by Gasteiger charge is -2.10. The maximum Gasteiger partial charge on any atom is 0.358 e. The lowest BCUT2D eigenvalue weighted by atomic mass is 10.3. The van der Waals surface area contributed by atoms with Gasteiger partial charge in [-0.3, -0.25) is 4.79 Å². The smallest absolute Gasteiger partial charge is 0.358 e. The van der Waals surface area contributed by atoms with E-state index in [9.17, 15) is 14.7 Å². The van der Waals surface area contributed by atoms with Crippen LogP contribution in [-0.4, -0.2) is 47.6 Å². The predicted octanol–water partition coefficient (Wildman–Crippen LogP) is -0.0986. The summed E-state index contributed by atoms with van der Waals surface area (Å²) >= 11 is 0. The highest BCUT2D eigenvalue weighted by Crippen LogP contribution is 2.20. The Morgan fingerprint density at radius 1 is 1.43 bits per heavy atom. The second-order valence-electron chi connectivity index (χ2n) is 4.83. The molecule has 2 aromatic heterocycles. The summed E-state index contributed by atoms with van der Waals surface area (Å²) < 4.78 is 2.88. The second kappa shape index (κ2) is 5.73. The Balaban J connectivity index is 2.41. The summed E-state index contributed by atoms with van der Waals surface area (Å²) in [6.07, 6.45) is 3.21. The molecule has 0 saturated carbocycles. The number of aryl methyl sites for hydroxylation is 1. The first-order valence-corrected chi connectivity index (χ1v) is 6.34. The highest BCUT2D eigenvalue weighted by Gasteiger charge is 2.24. The maximum absolute atomic E-state index is 11.8. The number of aromatic nitrogens is 5. The minimum absolute atomic E-state index is 0.0171. The highest BCUT2D eigenvalue weighted by atomic mass is 16.4. The number of nitrogens with zero attached hydrogens (tertiary/aromatic N) is 5. The molecule has 0 aliphatic heterocycles. The van der Waals surface area contributed by atoms with Crippen LogP contribution in [0.15, 0.2) is 12.4 Å². The van der Waals surface area contributed by atoms with Crippen LogP contribution >= 0.6 is 0 Å². The molecule has 0 aromatic carbocycles. The number of aromatic carboxylic acids is 1. The highest BCUT2D eigenvalue weighted by molar-refractivity contribution is 5.92. The van der Waals surface area contributed by atoms with Crippen molar-refractivity contribution in [3.8, 4) is 11.5 Å². The zero-order valence-corrected chi connectivity index (χ0v) is 11.9. The van der Waals surface area contributed by atoms with Crippen LogP contribution in [0.5, 0.6) is 0 Å². The molecule has 0 saturated heterocycles.